The molecule has 2 heterocycles. The van der Waals surface area contributed by atoms with Gasteiger partial charge in [0.15, 0.2) is 0 Å². The van der Waals surface area contributed by atoms with Gasteiger partial charge in [0.2, 0.25) is 11.8 Å². The number of carboxylic acid groups (broad SMARTS) is 1. The monoisotopic (exact) mass is 444 g/mol. The molecule has 6 rings (SSSR count). The zero-order valence-electron chi connectivity index (χ0n) is 16.7. The van der Waals surface area contributed by atoms with E-state index in [0.717, 1.165) is 6.42 Å². The molecule has 2 amide bonds. The number of fused-ring (bicyclic) bond motifs is 6. The number of imide groups is 1. The lowest BCUT2D eigenvalue weighted by molar-refractivity contribution is -0.123. The summed E-state index contributed by atoms with van der Waals surface area (Å²) in [7, 11) is 0. The number of aromatic carboxylic acids is 1. The Morgan fingerprint density at radius 3 is 2.25 bits per heavy atom. The van der Waals surface area contributed by atoms with Gasteiger partial charge in [0.05, 0.1) is 34.3 Å². The molecule has 158 valence electrons. The average molecular weight is 445 g/mol. The largest absolute Gasteiger partial charge is 0.478 e. The topological polar surface area (TPSA) is 87.6 Å². The number of allylic oxidation sites excluding steroid dienone is 2. The number of pyridine rings is 1. The predicted molar refractivity (Wildman–Crippen MR) is 119 cm³/mol. The first-order valence-corrected chi connectivity index (χ1v) is 10.8. The fourth-order valence-corrected chi connectivity index (χ4v) is 5.63. The number of anilines is 1. The fraction of sp³-hybridized carbons (Fsp3) is 0.200. The maximum atomic E-state index is 13.0. The van der Waals surface area contributed by atoms with Gasteiger partial charge in [-0.2, -0.15) is 0 Å². The van der Waals surface area contributed by atoms with Crippen molar-refractivity contribution in [1.29, 1.82) is 0 Å². The van der Waals surface area contributed by atoms with E-state index in [-0.39, 0.29) is 41.0 Å². The normalized spacial score (nSPS) is 25.7. The van der Waals surface area contributed by atoms with E-state index in [2.05, 4.69) is 17.1 Å². The molecule has 3 aliphatic rings. The van der Waals surface area contributed by atoms with Crippen LogP contribution in [0.15, 0.2) is 60.7 Å². The van der Waals surface area contributed by atoms with Crippen molar-refractivity contribution in [3.63, 3.8) is 0 Å². The van der Waals surface area contributed by atoms with Crippen molar-refractivity contribution in [1.82, 2.24) is 4.98 Å². The Bertz CT molecular complexity index is 1330. The van der Waals surface area contributed by atoms with Gasteiger partial charge in [0, 0.05) is 16.0 Å². The minimum atomic E-state index is -1.07. The molecule has 1 N–H and O–H groups in total. The standard InChI is InChI=1S/C25H17ClN2O4/c26-15-5-8-19-17(10-15)18(25(31)32)11-20(27-19)12-3-6-16(7-4-12)28-23(29)21-13-1-2-14(9-13)22(21)24(28)30/h1-8,10-11,13-14,21-22H,9H2,(H,31,32). The van der Waals surface area contributed by atoms with Crippen LogP contribution in [0.4, 0.5) is 5.69 Å². The Hall–Kier alpha value is -3.51. The van der Waals surface area contributed by atoms with E-state index >= 15 is 0 Å². The zero-order chi connectivity index (χ0) is 22.1. The van der Waals surface area contributed by atoms with Gasteiger partial charge in [-0.3, -0.25) is 14.5 Å². The van der Waals surface area contributed by atoms with Crippen LogP contribution in [0, 0.1) is 23.7 Å². The Labute approximate surface area is 188 Å². The Kier molecular flexibility index (Phi) is 4.04. The van der Waals surface area contributed by atoms with E-state index in [1.807, 2.05) is 0 Å². The summed E-state index contributed by atoms with van der Waals surface area (Å²) in [5.74, 6) is -1.49. The lowest BCUT2D eigenvalue weighted by Gasteiger charge is -2.17. The van der Waals surface area contributed by atoms with Gasteiger partial charge in [-0.1, -0.05) is 35.9 Å². The number of halogens is 1. The van der Waals surface area contributed by atoms with Crippen molar-refractivity contribution in [2.24, 2.45) is 23.7 Å². The number of rotatable bonds is 3. The summed E-state index contributed by atoms with van der Waals surface area (Å²) in [6.45, 7) is 0. The minimum Gasteiger partial charge on any atom is -0.478 e. The number of nitrogens with zero attached hydrogens (tertiary/aromatic N) is 2. The average Bonchev–Trinajstić information content (AvgIpc) is 3.47. The number of carbonyl (C=O) groups excluding carboxylic acids is 2. The van der Waals surface area contributed by atoms with E-state index in [1.54, 1.807) is 42.5 Å². The van der Waals surface area contributed by atoms with E-state index in [4.69, 9.17) is 11.6 Å². The number of benzene rings is 2. The SMILES string of the molecule is O=C(O)c1cc(-c2ccc(N3C(=O)C4C5C=CC(C5)C4C3=O)cc2)nc2ccc(Cl)cc12. The van der Waals surface area contributed by atoms with Crippen LogP contribution >= 0.6 is 11.6 Å². The second-order valence-corrected chi connectivity index (χ2v) is 9.02. The van der Waals surface area contributed by atoms with E-state index in [0.29, 0.717) is 32.9 Å². The van der Waals surface area contributed by atoms with Crippen LogP contribution in [0.2, 0.25) is 5.02 Å². The predicted octanol–water partition coefficient (Wildman–Crippen LogP) is 4.56. The number of aromatic nitrogens is 1. The third kappa shape index (κ3) is 2.66. The highest BCUT2D eigenvalue weighted by molar-refractivity contribution is 6.31. The summed E-state index contributed by atoms with van der Waals surface area (Å²) in [5, 5.41) is 10.6. The number of carboxylic acids is 1. The van der Waals surface area contributed by atoms with Crippen molar-refractivity contribution in [2.75, 3.05) is 4.90 Å². The smallest absolute Gasteiger partial charge is 0.336 e. The number of carbonyl (C=O) groups is 3. The fourth-order valence-electron chi connectivity index (χ4n) is 5.46. The van der Waals surface area contributed by atoms with Gasteiger partial charge in [0.25, 0.3) is 0 Å². The highest BCUT2D eigenvalue weighted by atomic mass is 35.5. The van der Waals surface area contributed by atoms with E-state index in [9.17, 15) is 19.5 Å². The first-order chi connectivity index (χ1) is 15.4. The molecule has 1 aliphatic heterocycles. The molecule has 2 aromatic carbocycles. The van der Waals surface area contributed by atoms with Crippen molar-refractivity contribution in [3.8, 4) is 11.3 Å². The lowest BCUT2D eigenvalue weighted by atomic mass is 9.85. The van der Waals surface area contributed by atoms with Crippen LogP contribution in [-0.2, 0) is 9.59 Å². The molecule has 0 radical (unpaired) electrons. The molecule has 3 aromatic rings. The van der Waals surface area contributed by atoms with Gasteiger partial charge < -0.3 is 5.11 Å². The number of hydrogen-bond acceptors (Lipinski definition) is 4. The minimum absolute atomic E-state index is 0.109. The summed E-state index contributed by atoms with van der Waals surface area (Å²) >= 11 is 6.03. The third-order valence-corrected chi connectivity index (χ3v) is 7.13. The molecule has 7 heteroatoms. The molecule has 1 saturated heterocycles. The molecule has 2 bridgehead atoms. The Morgan fingerprint density at radius 2 is 1.62 bits per heavy atom. The highest BCUT2D eigenvalue weighted by Crippen LogP contribution is 2.53. The maximum absolute atomic E-state index is 13.0. The molecule has 32 heavy (non-hydrogen) atoms. The number of amides is 2. The maximum Gasteiger partial charge on any atom is 0.336 e. The second-order valence-electron chi connectivity index (χ2n) is 8.58. The Morgan fingerprint density at radius 1 is 0.969 bits per heavy atom. The van der Waals surface area contributed by atoms with Crippen molar-refractivity contribution in [2.45, 2.75) is 6.42 Å². The first-order valence-electron chi connectivity index (χ1n) is 10.4. The molecular formula is C25H17ClN2O4. The van der Waals surface area contributed by atoms with Gasteiger partial charge in [-0.05, 0) is 54.7 Å². The van der Waals surface area contributed by atoms with Crippen LogP contribution in [0.5, 0.6) is 0 Å². The summed E-state index contributed by atoms with van der Waals surface area (Å²) in [6.07, 6.45) is 5.04. The molecule has 0 spiro atoms. The molecule has 2 fully saturated rings. The molecular weight excluding hydrogens is 428 g/mol. The van der Waals surface area contributed by atoms with Crippen LogP contribution in [0.1, 0.15) is 16.8 Å². The van der Waals surface area contributed by atoms with Gasteiger partial charge in [0.1, 0.15) is 0 Å². The lowest BCUT2D eigenvalue weighted by Crippen LogP contribution is -2.32. The first kappa shape index (κ1) is 19.2. The van der Waals surface area contributed by atoms with Gasteiger partial charge in [-0.15, -0.1) is 0 Å². The molecule has 4 atom stereocenters. The van der Waals surface area contributed by atoms with Gasteiger partial charge >= 0.3 is 5.97 Å². The van der Waals surface area contributed by atoms with Crippen LogP contribution in [0.25, 0.3) is 22.2 Å². The van der Waals surface area contributed by atoms with E-state index in [1.165, 1.54) is 11.0 Å². The summed E-state index contributed by atoms with van der Waals surface area (Å²) in [4.78, 5) is 43.7. The van der Waals surface area contributed by atoms with Crippen LogP contribution < -0.4 is 4.90 Å². The molecule has 2 aliphatic carbocycles. The van der Waals surface area contributed by atoms with Crippen LogP contribution in [-0.4, -0.2) is 27.9 Å². The summed E-state index contributed by atoms with van der Waals surface area (Å²) in [5.41, 5.74) is 2.34. The highest BCUT2D eigenvalue weighted by Gasteiger charge is 2.59. The van der Waals surface area contributed by atoms with Gasteiger partial charge in [-0.25, -0.2) is 9.78 Å². The van der Waals surface area contributed by atoms with Crippen molar-refractivity contribution in [3.05, 3.63) is 71.3 Å². The second kappa shape index (κ2) is 6.74. The third-order valence-electron chi connectivity index (χ3n) is 6.89. The summed E-state index contributed by atoms with van der Waals surface area (Å²) < 4.78 is 0. The van der Waals surface area contributed by atoms with E-state index < -0.39 is 5.97 Å². The van der Waals surface area contributed by atoms with Crippen molar-refractivity contribution < 1.29 is 19.5 Å². The number of hydrogen-bond donors (Lipinski definition) is 1. The van der Waals surface area contributed by atoms with Crippen molar-refractivity contribution >= 4 is 46.0 Å². The molecule has 1 aromatic heterocycles. The molecule has 1 saturated carbocycles. The van der Waals surface area contributed by atoms with Crippen LogP contribution in [0.3, 0.4) is 0 Å². The Balaban J connectivity index is 1.36. The summed E-state index contributed by atoms with van der Waals surface area (Å²) in [6, 6.07) is 13.4. The molecule has 4 unspecified atom stereocenters. The quantitative estimate of drug-likeness (QED) is 0.472. The molecule has 6 nitrogen and oxygen atoms in total. The zero-order valence-corrected chi connectivity index (χ0v) is 17.5.